The van der Waals surface area contributed by atoms with E-state index in [1.165, 1.54) is 0 Å². The van der Waals surface area contributed by atoms with Crippen LogP contribution in [0.2, 0.25) is 0 Å². The van der Waals surface area contributed by atoms with Gasteiger partial charge in [0.25, 0.3) is 0 Å². The molecule has 1 fully saturated rings. The van der Waals surface area contributed by atoms with Crippen LogP contribution in [-0.2, 0) is 6.54 Å². The largest absolute Gasteiger partial charge is 0.334 e. The minimum Gasteiger partial charge on any atom is -0.334 e. The lowest BCUT2D eigenvalue weighted by atomic mass is 9.89. The van der Waals surface area contributed by atoms with Gasteiger partial charge in [-0.3, -0.25) is 4.79 Å². The summed E-state index contributed by atoms with van der Waals surface area (Å²) < 4.78 is 0. The van der Waals surface area contributed by atoms with E-state index in [0.717, 1.165) is 34.7 Å². The van der Waals surface area contributed by atoms with E-state index in [9.17, 15) is 9.59 Å². The molecule has 0 radical (unpaired) electrons. The van der Waals surface area contributed by atoms with E-state index in [2.05, 4.69) is 5.32 Å². The minimum atomic E-state index is -0.141. The molecule has 1 heterocycles. The van der Waals surface area contributed by atoms with Gasteiger partial charge in [-0.05, 0) is 35.2 Å². The fourth-order valence-electron chi connectivity index (χ4n) is 3.84. The van der Waals surface area contributed by atoms with E-state index in [0.29, 0.717) is 19.6 Å². The number of ketones is 1. The van der Waals surface area contributed by atoms with Crippen LogP contribution in [0.1, 0.15) is 28.8 Å². The molecular formula is C24H24N2O2. The van der Waals surface area contributed by atoms with E-state index in [-0.39, 0.29) is 17.7 Å². The van der Waals surface area contributed by atoms with Crippen molar-refractivity contribution < 1.29 is 9.59 Å². The first-order valence-electron chi connectivity index (χ1n) is 9.80. The summed E-state index contributed by atoms with van der Waals surface area (Å²) >= 11 is 0. The Morgan fingerprint density at radius 1 is 0.929 bits per heavy atom. The number of hydrogen-bond acceptors (Lipinski definition) is 2. The number of rotatable bonds is 4. The maximum atomic E-state index is 13.0. The first-order valence-corrected chi connectivity index (χ1v) is 9.80. The van der Waals surface area contributed by atoms with Crippen LogP contribution in [-0.4, -0.2) is 29.8 Å². The normalized spacial score (nSPS) is 16.7. The lowest BCUT2D eigenvalue weighted by Crippen LogP contribution is -2.46. The lowest BCUT2D eigenvalue weighted by Gasteiger charge is -2.32. The van der Waals surface area contributed by atoms with Crippen molar-refractivity contribution in [1.82, 2.24) is 10.2 Å². The van der Waals surface area contributed by atoms with Crippen LogP contribution in [0, 0.1) is 5.92 Å². The van der Waals surface area contributed by atoms with E-state index < -0.39 is 0 Å². The maximum Gasteiger partial charge on any atom is 0.317 e. The molecule has 1 saturated heterocycles. The number of nitrogens with one attached hydrogen (secondary N) is 1. The summed E-state index contributed by atoms with van der Waals surface area (Å²) in [6.45, 7) is 1.67. The predicted molar refractivity (Wildman–Crippen MR) is 111 cm³/mol. The van der Waals surface area contributed by atoms with Crippen molar-refractivity contribution in [3.05, 3.63) is 83.9 Å². The van der Waals surface area contributed by atoms with Crippen LogP contribution in [0.25, 0.3) is 10.8 Å². The summed E-state index contributed by atoms with van der Waals surface area (Å²) in [5.74, 6) is -0.0105. The Morgan fingerprint density at radius 2 is 1.68 bits per heavy atom. The molecular weight excluding hydrogens is 348 g/mol. The highest BCUT2D eigenvalue weighted by Gasteiger charge is 2.29. The first-order chi connectivity index (χ1) is 13.7. The minimum absolute atomic E-state index is 0.0973. The highest BCUT2D eigenvalue weighted by molar-refractivity contribution is 6.01. The molecule has 0 bridgehead atoms. The van der Waals surface area contributed by atoms with Crippen molar-refractivity contribution >= 4 is 22.6 Å². The number of piperidine rings is 1. The monoisotopic (exact) mass is 372 g/mol. The number of amides is 2. The third kappa shape index (κ3) is 4.06. The summed E-state index contributed by atoms with van der Waals surface area (Å²) in [4.78, 5) is 27.4. The van der Waals surface area contributed by atoms with Gasteiger partial charge in [0.05, 0.1) is 0 Å². The molecule has 0 aliphatic carbocycles. The zero-order valence-corrected chi connectivity index (χ0v) is 15.8. The molecule has 28 heavy (non-hydrogen) atoms. The summed E-state index contributed by atoms with van der Waals surface area (Å²) in [6, 6.07) is 23.7. The molecule has 1 atom stereocenters. The highest BCUT2D eigenvalue weighted by atomic mass is 16.2. The molecule has 1 aliphatic rings. The van der Waals surface area contributed by atoms with Gasteiger partial charge in [-0.15, -0.1) is 0 Å². The standard InChI is InChI=1S/C24H24N2O2/c27-23(21-13-12-19-9-4-5-10-20(19)15-21)22-11-6-14-26(17-22)24(28)25-16-18-7-2-1-3-8-18/h1-5,7-10,12-13,15,22H,6,11,14,16-17H2,(H,25,28)/t22-/m0/s1. The van der Waals surface area contributed by atoms with Crippen LogP contribution in [0.5, 0.6) is 0 Å². The molecule has 0 saturated carbocycles. The third-order valence-electron chi connectivity index (χ3n) is 5.40. The van der Waals surface area contributed by atoms with E-state index in [1.54, 1.807) is 4.90 Å². The Balaban J connectivity index is 1.40. The van der Waals surface area contributed by atoms with Gasteiger partial charge in [-0.1, -0.05) is 66.7 Å². The summed E-state index contributed by atoms with van der Waals surface area (Å²) in [5, 5.41) is 5.17. The zero-order chi connectivity index (χ0) is 19.3. The fourth-order valence-corrected chi connectivity index (χ4v) is 3.84. The number of benzene rings is 3. The first kappa shape index (κ1) is 18.2. The number of urea groups is 1. The Morgan fingerprint density at radius 3 is 2.50 bits per heavy atom. The fraction of sp³-hybridized carbons (Fsp3) is 0.250. The van der Waals surface area contributed by atoms with Gasteiger partial charge in [0.15, 0.2) is 5.78 Å². The van der Waals surface area contributed by atoms with Gasteiger partial charge in [0.2, 0.25) is 0 Å². The van der Waals surface area contributed by atoms with Crippen molar-refractivity contribution in [1.29, 1.82) is 0 Å². The van der Waals surface area contributed by atoms with Crippen molar-refractivity contribution in [2.75, 3.05) is 13.1 Å². The van der Waals surface area contributed by atoms with Crippen LogP contribution >= 0.6 is 0 Å². The van der Waals surface area contributed by atoms with Crippen LogP contribution < -0.4 is 5.32 Å². The van der Waals surface area contributed by atoms with Crippen molar-refractivity contribution in [2.45, 2.75) is 19.4 Å². The average Bonchev–Trinajstić information content (AvgIpc) is 2.77. The number of nitrogens with zero attached hydrogens (tertiary/aromatic N) is 1. The third-order valence-corrected chi connectivity index (χ3v) is 5.40. The smallest absolute Gasteiger partial charge is 0.317 e. The number of carbonyl (C=O) groups excluding carboxylic acids is 2. The lowest BCUT2D eigenvalue weighted by molar-refractivity contribution is 0.0845. The molecule has 3 aromatic carbocycles. The molecule has 0 aromatic heterocycles. The molecule has 142 valence electrons. The van der Waals surface area contributed by atoms with Gasteiger partial charge in [0.1, 0.15) is 0 Å². The second kappa shape index (κ2) is 8.26. The molecule has 4 heteroatoms. The van der Waals surface area contributed by atoms with Crippen molar-refractivity contribution in [3.63, 3.8) is 0 Å². The summed E-state index contributed by atoms with van der Waals surface area (Å²) in [5.41, 5.74) is 1.80. The molecule has 4 nitrogen and oxygen atoms in total. The Labute approximate surface area is 165 Å². The van der Waals surface area contributed by atoms with Crippen LogP contribution in [0.15, 0.2) is 72.8 Å². The van der Waals surface area contributed by atoms with E-state index in [1.807, 2.05) is 72.8 Å². The molecule has 2 amide bonds. The topological polar surface area (TPSA) is 49.4 Å². The zero-order valence-electron chi connectivity index (χ0n) is 15.8. The number of likely N-dealkylation sites (tertiary alicyclic amines) is 1. The molecule has 3 aromatic rings. The number of hydrogen-bond donors (Lipinski definition) is 1. The number of carbonyl (C=O) groups is 2. The SMILES string of the molecule is O=C(c1ccc2ccccc2c1)[C@H]1CCCN(C(=O)NCc2ccccc2)C1. The van der Waals surface area contributed by atoms with E-state index >= 15 is 0 Å². The molecule has 4 rings (SSSR count). The van der Waals surface area contributed by atoms with Crippen LogP contribution in [0.3, 0.4) is 0 Å². The summed E-state index contributed by atoms with van der Waals surface area (Å²) in [7, 11) is 0. The quantitative estimate of drug-likeness (QED) is 0.678. The number of fused-ring (bicyclic) bond motifs is 1. The number of Topliss-reactive ketones (excluding diaryl/α,β-unsaturated/α-hetero) is 1. The van der Waals surface area contributed by atoms with Crippen molar-refractivity contribution in [2.24, 2.45) is 5.92 Å². The van der Waals surface area contributed by atoms with Gasteiger partial charge in [-0.25, -0.2) is 4.79 Å². The molecule has 0 spiro atoms. The highest BCUT2D eigenvalue weighted by Crippen LogP contribution is 2.23. The van der Waals surface area contributed by atoms with Gasteiger partial charge in [0, 0.05) is 31.1 Å². The maximum absolute atomic E-state index is 13.0. The Kier molecular flexibility index (Phi) is 5.38. The van der Waals surface area contributed by atoms with E-state index in [4.69, 9.17) is 0 Å². The molecule has 0 unspecified atom stereocenters. The van der Waals surface area contributed by atoms with Gasteiger partial charge >= 0.3 is 6.03 Å². The van der Waals surface area contributed by atoms with Crippen LogP contribution in [0.4, 0.5) is 4.79 Å². The Hall–Kier alpha value is -3.14. The Bertz CT molecular complexity index is 984. The van der Waals surface area contributed by atoms with Crippen molar-refractivity contribution in [3.8, 4) is 0 Å². The molecule has 1 aliphatic heterocycles. The van der Waals surface area contributed by atoms with Gasteiger partial charge in [-0.2, -0.15) is 0 Å². The second-order valence-electron chi connectivity index (χ2n) is 7.36. The average molecular weight is 372 g/mol. The van der Waals surface area contributed by atoms with Gasteiger partial charge < -0.3 is 10.2 Å². The summed E-state index contributed by atoms with van der Waals surface area (Å²) in [6.07, 6.45) is 1.68. The predicted octanol–water partition coefficient (Wildman–Crippen LogP) is 4.64. The second-order valence-corrected chi connectivity index (χ2v) is 7.36. The molecule has 1 N–H and O–H groups in total.